The van der Waals surface area contributed by atoms with Gasteiger partial charge in [-0.2, -0.15) is 0 Å². The first kappa shape index (κ1) is 42.9. The van der Waals surface area contributed by atoms with Crippen molar-refractivity contribution in [2.75, 3.05) is 7.11 Å². The molecule has 7 aromatic rings. The van der Waals surface area contributed by atoms with Crippen molar-refractivity contribution in [3.63, 3.8) is 0 Å². The van der Waals surface area contributed by atoms with Crippen LogP contribution in [0.15, 0.2) is 212 Å². The highest BCUT2D eigenvalue weighted by molar-refractivity contribution is 7.06. The Labute approximate surface area is 367 Å². The molecule has 2 aliphatic heterocycles. The molecule has 7 aromatic carbocycles. The van der Waals surface area contributed by atoms with Gasteiger partial charge in [-0.25, -0.2) is 0 Å². The Morgan fingerprint density at radius 1 is 0.419 bits per heavy atom. The van der Waals surface area contributed by atoms with E-state index in [1.165, 1.54) is 7.11 Å². The molecule has 2 bridgehead atoms. The van der Waals surface area contributed by atoms with Crippen molar-refractivity contribution in [3.8, 4) is 0 Å². The van der Waals surface area contributed by atoms with Gasteiger partial charge >= 0.3 is 62.1 Å². The Balaban J connectivity index is 1.39. The molecule has 9 rings (SSSR count). The quantitative estimate of drug-likeness (QED) is 0.168. The summed E-state index contributed by atoms with van der Waals surface area (Å²) < 4.78 is 64.7. The van der Waals surface area contributed by atoms with Crippen molar-refractivity contribution in [2.24, 2.45) is 0 Å². The van der Waals surface area contributed by atoms with E-state index in [9.17, 15) is 14.4 Å². The Morgan fingerprint density at radius 2 is 0.823 bits per heavy atom. The molecule has 314 valence electrons. The lowest BCUT2D eigenvalue weighted by molar-refractivity contribution is 0.0677. The van der Waals surface area contributed by atoms with Crippen LogP contribution in [0.5, 0.6) is 0 Å². The summed E-state index contributed by atoms with van der Waals surface area (Å²) in [6.45, 7) is 0. The molecule has 19 heteroatoms. The van der Waals surface area contributed by atoms with Gasteiger partial charge in [-0.1, -0.05) is 212 Å². The van der Waals surface area contributed by atoms with E-state index in [1.807, 2.05) is 72.8 Å². The maximum absolute atomic E-state index is 13.6. The molecule has 0 amide bonds. The van der Waals surface area contributed by atoms with Crippen LogP contribution in [0.3, 0.4) is 0 Å². The minimum Gasteiger partial charge on any atom is -0.390 e. The van der Waals surface area contributed by atoms with E-state index in [2.05, 4.69) is 0 Å². The standard InChI is InChI=1S/C43H42O12Si7/c1-47-57(44,38-25-11-3-12-26-38)50-61(42-33-19-7-20-34-42)52-59(46,40-29-15-5-16-30-40)53-62(43-35-21-8-22-36-43)51-58(45,39-27-13-4-14-28-39)48-56(37-23-9-2-10-24-37)49-60(54-61,55-62)41-31-17-6-18-32-41/h2-36,44-46,56H,1H3. The first-order chi connectivity index (χ1) is 30.1. The Morgan fingerprint density at radius 3 is 1.32 bits per heavy atom. The topological polar surface area (TPSA) is 144 Å². The summed E-state index contributed by atoms with van der Waals surface area (Å²) in [6.07, 6.45) is 0. The molecule has 3 N–H and O–H groups in total. The molecule has 12 nitrogen and oxygen atoms in total. The minimum atomic E-state index is -5.07. The zero-order chi connectivity index (χ0) is 42.7. The Kier molecular flexibility index (Phi) is 12.2. The molecule has 0 spiro atoms. The van der Waals surface area contributed by atoms with Gasteiger partial charge in [0.15, 0.2) is 0 Å². The number of benzene rings is 7. The normalized spacial score (nSPS) is 28.6. The number of fused-ring (bicyclic) bond motifs is 2. The second-order valence-corrected chi connectivity index (χ2v) is 33.2. The van der Waals surface area contributed by atoms with Crippen LogP contribution in [0.2, 0.25) is 0 Å². The van der Waals surface area contributed by atoms with Gasteiger partial charge < -0.3 is 51.7 Å². The van der Waals surface area contributed by atoms with Gasteiger partial charge in [0.1, 0.15) is 0 Å². The summed E-state index contributed by atoms with van der Waals surface area (Å²) in [4.78, 5) is 39.6. The fourth-order valence-electron chi connectivity index (χ4n) is 7.25. The second-order valence-electron chi connectivity index (χ2n) is 14.4. The van der Waals surface area contributed by atoms with Gasteiger partial charge in [0.05, 0.1) is 0 Å². The van der Waals surface area contributed by atoms with Crippen LogP contribution in [0, 0.1) is 0 Å². The van der Waals surface area contributed by atoms with E-state index in [1.54, 1.807) is 140 Å². The van der Waals surface area contributed by atoms with E-state index in [0.29, 0.717) is 31.1 Å². The van der Waals surface area contributed by atoms with E-state index >= 15 is 0 Å². The average molecular weight is 947 g/mol. The SMILES string of the molecule is CO[Si](O)(O[Si]1(c2ccccc2)O[Si](O)(c2ccccc2)O[Si]2(c3ccccc3)O[Si](O)(c3ccccc3)O[SiH](c3ccccc3)O[Si](c3ccccc3)(O1)O2)c1ccccc1. The molecule has 0 radical (unpaired) electrons. The molecule has 0 saturated carbocycles. The lowest BCUT2D eigenvalue weighted by Crippen LogP contribution is -2.86. The molecular formula is C43H42O12Si7. The second kappa shape index (κ2) is 17.6. The first-order valence-corrected chi connectivity index (χ1v) is 31.8. The Bertz CT molecular complexity index is 2560. The minimum absolute atomic E-state index is 0.233. The van der Waals surface area contributed by atoms with Gasteiger partial charge in [0, 0.05) is 38.2 Å². The maximum Gasteiger partial charge on any atom is 0.527 e. The third-order valence-corrected chi connectivity index (χ3v) is 35.4. The summed E-state index contributed by atoms with van der Waals surface area (Å²) in [5, 5.41) is 2.71. The van der Waals surface area contributed by atoms with Gasteiger partial charge in [0.25, 0.3) is 0 Å². The van der Waals surface area contributed by atoms with Crippen molar-refractivity contribution in [1.29, 1.82) is 0 Å². The number of rotatable bonds is 10. The largest absolute Gasteiger partial charge is 0.527 e. The molecule has 2 saturated heterocycles. The fraction of sp³-hybridized carbons (Fsp3) is 0.0233. The zero-order valence-corrected chi connectivity index (χ0v) is 40.5. The van der Waals surface area contributed by atoms with E-state index in [-0.39, 0.29) is 5.19 Å². The van der Waals surface area contributed by atoms with E-state index < -0.39 is 62.1 Å². The van der Waals surface area contributed by atoms with Crippen LogP contribution in [0.25, 0.3) is 0 Å². The van der Waals surface area contributed by atoms with E-state index in [4.69, 9.17) is 37.3 Å². The van der Waals surface area contributed by atoms with Gasteiger partial charge in [-0.15, -0.1) is 0 Å². The van der Waals surface area contributed by atoms with Crippen LogP contribution in [-0.2, 0) is 37.3 Å². The van der Waals surface area contributed by atoms with Crippen LogP contribution >= 0.6 is 0 Å². The molecule has 0 aromatic heterocycles. The van der Waals surface area contributed by atoms with Crippen molar-refractivity contribution in [1.82, 2.24) is 0 Å². The highest BCUT2D eigenvalue weighted by atomic mass is 28.6. The summed E-state index contributed by atoms with van der Waals surface area (Å²) in [5.41, 5.74) is 0. The molecule has 0 aliphatic carbocycles. The molecule has 2 aliphatic rings. The molecule has 7 unspecified atom stereocenters. The van der Waals surface area contributed by atoms with E-state index in [0.717, 1.165) is 0 Å². The predicted octanol–water partition coefficient (Wildman–Crippen LogP) is 0.974. The molecular weight excluding hydrogens is 905 g/mol. The van der Waals surface area contributed by atoms with Crippen LogP contribution in [0.4, 0.5) is 0 Å². The van der Waals surface area contributed by atoms with Gasteiger partial charge in [-0.3, -0.25) is 0 Å². The number of hydrogen-bond acceptors (Lipinski definition) is 12. The van der Waals surface area contributed by atoms with Crippen molar-refractivity contribution >= 4 is 98.4 Å². The zero-order valence-electron chi connectivity index (χ0n) is 33.3. The van der Waals surface area contributed by atoms with Crippen molar-refractivity contribution in [3.05, 3.63) is 212 Å². The molecule has 62 heavy (non-hydrogen) atoms. The van der Waals surface area contributed by atoms with Gasteiger partial charge in [-0.05, 0) is 5.19 Å². The third kappa shape index (κ3) is 8.38. The van der Waals surface area contributed by atoms with Crippen LogP contribution in [-0.4, -0.2) is 83.6 Å². The third-order valence-electron chi connectivity index (χ3n) is 10.3. The Hall–Kier alpha value is -4.42. The maximum atomic E-state index is 13.6. The summed E-state index contributed by atoms with van der Waals surface area (Å²) in [5.74, 6) is 0. The predicted molar refractivity (Wildman–Crippen MR) is 247 cm³/mol. The first-order valence-electron chi connectivity index (χ1n) is 19.8. The van der Waals surface area contributed by atoms with Gasteiger partial charge in [0.2, 0.25) is 0 Å². The highest BCUT2D eigenvalue weighted by Gasteiger charge is 2.74. The molecule has 2 heterocycles. The monoisotopic (exact) mass is 946 g/mol. The van der Waals surface area contributed by atoms with Crippen molar-refractivity contribution < 1.29 is 51.7 Å². The molecule has 2 fully saturated rings. The summed E-state index contributed by atoms with van der Waals surface area (Å²) in [6, 6.07) is 62.2. The summed E-state index contributed by atoms with van der Waals surface area (Å²) in [7, 11) is -31.1. The lowest BCUT2D eigenvalue weighted by atomic mass is 10.4. The average Bonchev–Trinajstić information content (AvgIpc) is 3.32. The smallest absolute Gasteiger partial charge is 0.390 e. The molecule has 7 atom stereocenters. The highest BCUT2D eigenvalue weighted by Crippen LogP contribution is 2.36. The van der Waals surface area contributed by atoms with Crippen LogP contribution in [0.1, 0.15) is 0 Å². The summed E-state index contributed by atoms with van der Waals surface area (Å²) >= 11 is 0. The lowest BCUT2D eigenvalue weighted by Gasteiger charge is -2.52. The van der Waals surface area contributed by atoms with Crippen LogP contribution < -0.4 is 36.3 Å². The van der Waals surface area contributed by atoms with Crippen molar-refractivity contribution in [2.45, 2.75) is 0 Å². The fourth-order valence-corrected chi connectivity index (χ4v) is 37.6. The number of hydrogen-bond donors (Lipinski definition) is 3.